The van der Waals surface area contributed by atoms with E-state index in [1.54, 1.807) is 17.0 Å². The van der Waals surface area contributed by atoms with E-state index < -0.39 is 22.0 Å². The van der Waals surface area contributed by atoms with Crippen LogP contribution in [0.4, 0.5) is 5.69 Å². The number of fused-ring (bicyclic) bond motifs is 1. The number of carbonyl (C=O) groups excluding carboxylic acids is 2. The summed E-state index contributed by atoms with van der Waals surface area (Å²) in [7, 11) is -4.00. The Labute approximate surface area is 199 Å². The van der Waals surface area contributed by atoms with E-state index in [1.807, 2.05) is 54.6 Å². The van der Waals surface area contributed by atoms with Crippen LogP contribution in [0.5, 0.6) is 0 Å². The molecule has 34 heavy (non-hydrogen) atoms. The van der Waals surface area contributed by atoms with Crippen LogP contribution in [0, 0.1) is 0 Å². The predicted molar refractivity (Wildman–Crippen MR) is 132 cm³/mol. The number of benzene rings is 3. The number of sulfonamides is 1. The normalized spacial score (nSPS) is 15.3. The number of para-hydroxylation sites is 1. The van der Waals surface area contributed by atoms with E-state index >= 15 is 0 Å². The summed E-state index contributed by atoms with van der Waals surface area (Å²) in [5.41, 5.74) is 6.37. The zero-order chi connectivity index (χ0) is 24.1. The van der Waals surface area contributed by atoms with Crippen LogP contribution in [0.1, 0.15) is 12.8 Å². The second kappa shape index (κ2) is 10.2. The number of rotatable bonds is 8. The maximum Gasteiger partial charge on any atom is 0.241 e. The molecule has 1 saturated heterocycles. The van der Waals surface area contributed by atoms with Crippen molar-refractivity contribution in [3.8, 4) is 0 Å². The summed E-state index contributed by atoms with van der Waals surface area (Å²) in [5.74, 6) is -0.935. The number of hydrogen-bond donors (Lipinski definition) is 2. The summed E-state index contributed by atoms with van der Waals surface area (Å²) < 4.78 is 28.8. The highest BCUT2D eigenvalue weighted by molar-refractivity contribution is 7.89. The first kappa shape index (κ1) is 23.7. The summed E-state index contributed by atoms with van der Waals surface area (Å²) in [6.45, 7) is 2.18. The molecule has 0 aliphatic carbocycles. The highest BCUT2D eigenvalue weighted by atomic mass is 32.2. The molecule has 3 aromatic carbocycles. The van der Waals surface area contributed by atoms with Gasteiger partial charge in [0, 0.05) is 38.3 Å². The van der Waals surface area contributed by atoms with Gasteiger partial charge in [0.05, 0.1) is 4.90 Å². The molecule has 1 heterocycles. The third-order valence-corrected chi connectivity index (χ3v) is 7.49. The number of primary amides is 1. The SMILES string of the molecule is NC(=O)CC[C@@H](NS(=O)(=O)c1ccc2ccccc2c1)C(=O)N1CCN(c2ccccc2)CC1. The molecule has 0 bridgehead atoms. The maximum absolute atomic E-state index is 13.3. The van der Waals surface area contributed by atoms with E-state index in [0.29, 0.717) is 26.2 Å². The molecule has 1 aliphatic rings. The highest BCUT2D eigenvalue weighted by Crippen LogP contribution is 2.21. The summed E-state index contributed by atoms with van der Waals surface area (Å²) in [5, 5.41) is 1.70. The van der Waals surface area contributed by atoms with Crippen LogP contribution in [0.3, 0.4) is 0 Å². The minimum absolute atomic E-state index is 0.000122. The summed E-state index contributed by atoms with van der Waals surface area (Å²) >= 11 is 0. The first-order valence-electron chi connectivity index (χ1n) is 11.2. The van der Waals surface area contributed by atoms with Gasteiger partial charge in [0.25, 0.3) is 0 Å². The summed E-state index contributed by atoms with van der Waals surface area (Å²) in [4.78, 5) is 28.6. The molecule has 1 atom stereocenters. The number of nitrogens with zero attached hydrogens (tertiary/aromatic N) is 2. The number of anilines is 1. The van der Waals surface area contributed by atoms with Gasteiger partial charge < -0.3 is 15.5 Å². The van der Waals surface area contributed by atoms with Crippen molar-refractivity contribution in [1.82, 2.24) is 9.62 Å². The Kier molecular flexibility index (Phi) is 7.14. The largest absolute Gasteiger partial charge is 0.370 e. The van der Waals surface area contributed by atoms with Crippen molar-refractivity contribution in [1.29, 1.82) is 0 Å². The van der Waals surface area contributed by atoms with Crippen molar-refractivity contribution in [2.24, 2.45) is 5.73 Å². The first-order valence-corrected chi connectivity index (χ1v) is 12.7. The van der Waals surface area contributed by atoms with Crippen LogP contribution in [-0.4, -0.2) is 57.4 Å². The van der Waals surface area contributed by atoms with E-state index in [9.17, 15) is 18.0 Å². The molecule has 3 aromatic rings. The van der Waals surface area contributed by atoms with Crippen LogP contribution in [0.2, 0.25) is 0 Å². The molecule has 1 fully saturated rings. The van der Waals surface area contributed by atoms with Gasteiger partial charge in [0.1, 0.15) is 6.04 Å². The van der Waals surface area contributed by atoms with Crippen molar-refractivity contribution in [2.75, 3.05) is 31.1 Å². The quantitative estimate of drug-likeness (QED) is 0.513. The monoisotopic (exact) mass is 480 g/mol. The number of hydrogen-bond acceptors (Lipinski definition) is 5. The molecular formula is C25H28N4O4S. The topological polar surface area (TPSA) is 113 Å². The van der Waals surface area contributed by atoms with Gasteiger partial charge in [0.2, 0.25) is 21.8 Å². The number of nitrogens with one attached hydrogen (secondary N) is 1. The lowest BCUT2D eigenvalue weighted by atomic mass is 10.1. The molecule has 2 amide bonds. The minimum Gasteiger partial charge on any atom is -0.370 e. The van der Waals surface area contributed by atoms with Gasteiger partial charge in [-0.1, -0.05) is 48.5 Å². The number of amides is 2. The second-order valence-corrected chi connectivity index (χ2v) is 10.0. The third kappa shape index (κ3) is 5.55. The fraction of sp³-hybridized carbons (Fsp3) is 0.280. The predicted octanol–water partition coefficient (Wildman–Crippen LogP) is 2.10. The van der Waals surface area contributed by atoms with Crippen LogP contribution in [0.15, 0.2) is 77.7 Å². The fourth-order valence-corrected chi connectivity index (χ4v) is 5.41. The van der Waals surface area contributed by atoms with E-state index in [-0.39, 0.29) is 23.6 Å². The molecule has 9 heteroatoms. The molecule has 0 radical (unpaired) electrons. The van der Waals surface area contributed by atoms with Crippen LogP contribution < -0.4 is 15.4 Å². The van der Waals surface area contributed by atoms with E-state index in [1.165, 1.54) is 6.07 Å². The molecule has 0 saturated carbocycles. The van der Waals surface area contributed by atoms with Crippen LogP contribution in [0.25, 0.3) is 10.8 Å². The Hall–Kier alpha value is -3.43. The first-order chi connectivity index (χ1) is 16.3. The number of nitrogens with two attached hydrogens (primary N) is 1. The van der Waals surface area contributed by atoms with E-state index in [4.69, 9.17) is 5.73 Å². The van der Waals surface area contributed by atoms with Gasteiger partial charge in [0.15, 0.2) is 0 Å². The maximum atomic E-state index is 13.3. The Morgan fingerprint density at radius 3 is 2.21 bits per heavy atom. The lowest BCUT2D eigenvalue weighted by molar-refractivity contribution is -0.133. The standard InChI is InChI=1S/C25H28N4O4S/c26-24(30)13-12-23(25(31)29-16-14-28(15-17-29)21-8-2-1-3-9-21)27-34(32,33)22-11-10-19-6-4-5-7-20(19)18-22/h1-11,18,23,27H,12-17H2,(H2,26,30)/t23-/m1/s1. The third-order valence-electron chi connectivity index (χ3n) is 6.02. The average molecular weight is 481 g/mol. The van der Waals surface area contributed by atoms with Crippen molar-refractivity contribution in [2.45, 2.75) is 23.8 Å². The van der Waals surface area contributed by atoms with Crippen LogP contribution >= 0.6 is 0 Å². The van der Waals surface area contributed by atoms with Gasteiger partial charge in [-0.25, -0.2) is 8.42 Å². The molecule has 0 spiro atoms. The zero-order valence-corrected chi connectivity index (χ0v) is 19.6. The Morgan fingerprint density at radius 2 is 1.53 bits per heavy atom. The molecule has 178 valence electrons. The number of piperazine rings is 1. The van der Waals surface area contributed by atoms with Gasteiger partial charge in [-0.2, -0.15) is 4.72 Å². The summed E-state index contributed by atoms with van der Waals surface area (Å²) in [6.07, 6.45) is -0.0967. The van der Waals surface area contributed by atoms with Crippen molar-refractivity contribution < 1.29 is 18.0 Å². The minimum atomic E-state index is -4.00. The zero-order valence-electron chi connectivity index (χ0n) is 18.8. The smallest absolute Gasteiger partial charge is 0.241 e. The van der Waals surface area contributed by atoms with Crippen molar-refractivity contribution in [3.05, 3.63) is 72.8 Å². The van der Waals surface area contributed by atoms with Crippen molar-refractivity contribution in [3.63, 3.8) is 0 Å². The molecule has 1 aliphatic heterocycles. The Bertz CT molecular complexity index is 1270. The van der Waals surface area contributed by atoms with Gasteiger partial charge in [-0.05, 0) is 41.5 Å². The Balaban J connectivity index is 1.49. The highest BCUT2D eigenvalue weighted by Gasteiger charge is 2.31. The molecule has 3 N–H and O–H groups in total. The Morgan fingerprint density at radius 1 is 0.882 bits per heavy atom. The van der Waals surface area contributed by atoms with E-state index in [0.717, 1.165) is 16.5 Å². The van der Waals surface area contributed by atoms with Gasteiger partial charge >= 0.3 is 0 Å². The molecule has 0 aromatic heterocycles. The number of carbonyl (C=O) groups is 2. The summed E-state index contributed by atoms with van der Waals surface area (Å²) in [6, 6.07) is 21.1. The van der Waals surface area contributed by atoms with Crippen LogP contribution in [-0.2, 0) is 19.6 Å². The molecular weight excluding hydrogens is 452 g/mol. The van der Waals surface area contributed by atoms with Gasteiger partial charge in [-0.3, -0.25) is 9.59 Å². The van der Waals surface area contributed by atoms with Gasteiger partial charge in [-0.15, -0.1) is 0 Å². The average Bonchev–Trinajstić information content (AvgIpc) is 2.86. The molecule has 4 rings (SSSR count). The molecule has 0 unspecified atom stereocenters. The fourth-order valence-electron chi connectivity index (χ4n) is 4.15. The van der Waals surface area contributed by atoms with Crippen molar-refractivity contribution >= 4 is 38.3 Å². The van der Waals surface area contributed by atoms with E-state index in [2.05, 4.69) is 9.62 Å². The molecule has 8 nitrogen and oxygen atoms in total. The second-order valence-electron chi connectivity index (χ2n) is 8.34. The lowest BCUT2D eigenvalue weighted by Gasteiger charge is -2.37. The lowest BCUT2D eigenvalue weighted by Crippen LogP contribution is -2.55.